The van der Waals surface area contributed by atoms with Crippen molar-refractivity contribution in [3.63, 3.8) is 0 Å². The Bertz CT molecular complexity index is 1170. The average molecular weight is 461 g/mol. The van der Waals surface area contributed by atoms with Crippen molar-refractivity contribution in [3.8, 4) is 22.8 Å². The van der Waals surface area contributed by atoms with Crippen LogP contribution in [0, 0.1) is 6.92 Å². The van der Waals surface area contributed by atoms with Gasteiger partial charge in [0, 0.05) is 28.4 Å². The summed E-state index contributed by atoms with van der Waals surface area (Å²) in [5, 5.41) is 22.4. The van der Waals surface area contributed by atoms with Crippen molar-refractivity contribution in [2.75, 3.05) is 5.75 Å². The summed E-state index contributed by atoms with van der Waals surface area (Å²) < 4.78 is 0. The Balaban J connectivity index is 1.28. The molecule has 0 radical (unpaired) electrons. The van der Waals surface area contributed by atoms with Gasteiger partial charge in [-0.15, -0.1) is 11.8 Å². The molecule has 4 aromatic rings. The molecule has 0 saturated carbocycles. The predicted octanol–water partition coefficient (Wildman–Crippen LogP) is 7.62. The van der Waals surface area contributed by atoms with Crippen LogP contribution in [-0.4, -0.2) is 25.9 Å². The van der Waals surface area contributed by atoms with Gasteiger partial charge in [-0.25, -0.2) is 4.98 Å². The molecule has 0 fully saturated rings. The lowest BCUT2D eigenvalue weighted by Gasteiger charge is -2.08. The van der Waals surface area contributed by atoms with E-state index in [-0.39, 0.29) is 5.75 Å². The third kappa shape index (κ3) is 5.91. The van der Waals surface area contributed by atoms with Gasteiger partial charge in [0.2, 0.25) is 0 Å². The van der Waals surface area contributed by atoms with Gasteiger partial charge < -0.3 is 15.2 Å². The number of aromatic hydroxyl groups is 2. The second-order valence-corrected chi connectivity index (χ2v) is 9.66. The molecule has 0 aliphatic rings. The molecule has 0 atom stereocenters. The number of rotatable bonds is 11. The van der Waals surface area contributed by atoms with E-state index < -0.39 is 0 Å². The first-order valence-corrected chi connectivity index (χ1v) is 12.8. The zero-order chi connectivity index (χ0) is 23.0. The first-order valence-electron chi connectivity index (χ1n) is 11.8. The Morgan fingerprint density at radius 2 is 1.61 bits per heavy atom. The topological polar surface area (TPSA) is 69.1 Å². The number of benzene rings is 2. The van der Waals surface area contributed by atoms with Crippen LogP contribution >= 0.6 is 11.8 Å². The molecule has 172 valence electrons. The van der Waals surface area contributed by atoms with E-state index in [0.717, 1.165) is 56.9 Å². The second kappa shape index (κ2) is 11.3. The minimum Gasteiger partial charge on any atom is -0.508 e. The Kier molecular flexibility index (Phi) is 7.95. The minimum absolute atomic E-state index is 0.262. The fourth-order valence-electron chi connectivity index (χ4n) is 4.41. The van der Waals surface area contributed by atoms with Crippen molar-refractivity contribution in [3.05, 3.63) is 71.9 Å². The van der Waals surface area contributed by atoms with E-state index in [0.29, 0.717) is 5.75 Å². The molecule has 2 aromatic carbocycles. The number of nitrogens with one attached hydrogen (secondary N) is 1. The maximum Gasteiger partial charge on any atom is 0.119 e. The molecule has 0 spiro atoms. The molecular weight excluding hydrogens is 428 g/mol. The van der Waals surface area contributed by atoms with E-state index in [9.17, 15) is 10.2 Å². The lowest BCUT2D eigenvalue weighted by atomic mass is 9.97. The summed E-state index contributed by atoms with van der Waals surface area (Å²) in [6.45, 7) is 2.10. The third-order valence-electron chi connectivity index (χ3n) is 6.16. The van der Waals surface area contributed by atoms with Crippen molar-refractivity contribution < 1.29 is 10.2 Å². The van der Waals surface area contributed by atoms with Gasteiger partial charge in [0.05, 0.1) is 5.03 Å². The molecule has 0 aliphatic carbocycles. The van der Waals surface area contributed by atoms with Crippen LogP contribution in [0.25, 0.3) is 22.2 Å². The molecule has 2 heterocycles. The average Bonchev–Trinajstić information content (AvgIpc) is 3.17. The van der Waals surface area contributed by atoms with E-state index in [1.807, 2.05) is 48.3 Å². The fourth-order valence-corrected chi connectivity index (χ4v) is 5.28. The molecule has 0 aliphatic heterocycles. The summed E-state index contributed by atoms with van der Waals surface area (Å²) in [6, 6.07) is 17.1. The van der Waals surface area contributed by atoms with Gasteiger partial charge in [0.15, 0.2) is 0 Å². The number of aromatic amines is 1. The van der Waals surface area contributed by atoms with Gasteiger partial charge in [-0.3, -0.25) is 0 Å². The minimum atomic E-state index is 0.262. The van der Waals surface area contributed by atoms with Crippen molar-refractivity contribution in [1.82, 2.24) is 9.97 Å². The standard InChI is InChI=1S/C28H32N2O2S/c1-20-27-23(10-6-4-2-3-5-9-19-33-26-11-7-8-18-29-26)25(32)17-16-24(27)30-28(20)21-12-14-22(31)15-13-21/h7-8,11-18,30-32H,2-6,9-10,19H2,1H3. The van der Waals surface area contributed by atoms with Crippen LogP contribution in [-0.2, 0) is 6.42 Å². The van der Waals surface area contributed by atoms with Crippen LogP contribution in [0.4, 0.5) is 0 Å². The highest BCUT2D eigenvalue weighted by atomic mass is 32.2. The van der Waals surface area contributed by atoms with Gasteiger partial charge in [-0.05, 0) is 91.6 Å². The lowest BCUT2D eigenvalue weighted by Crippen LogP contribution is -1.90. The van der Waals surface area contributed by atoms with Gasteiger partial charge >= 0.3 is 0 Å². The largest absolute Gasteiger partial charge is 0.508 e. The van der Waals surface area contributed by atoms with E-state index in [1.54, 1.807) is 18.2 Å². The molecule has 0 bridgehead atoms. The number of phenolic OH excluding ortho intramolecular Hbond substituents is 2. The number of hydrogen-bond acceptors (Lipinski definition) is 4. The number of fused-ring (bicyclic) bond motifs is 1. The molecule has 0 saturated heterocycles. The Hall–Kier alpha value is -2.92. The monoisotopic (exact) mass is 460 g/mol. The smallest absolute Gasteiger partial charge is 0.119 e. The van der Waals surface area contributed by atoms with Crippen LogP contribution in [0.1, 0.15) is 49.7 Å². The molecule has 0 amide bonds. The van der Waals surface area contributed by atoms with Crippen LogP contribution in [0.15, 0.2) is 65.8 Å². The number of aromatic nitrogens is 2. The molecule has 4 nitrogen and oxygen atoms in total. The van der Waals surface area contributed by atoms with Gasteiger partial charge in [0.25, 0.3) is 0 Å². The SMILES string of the molecule is Cc1c(-c2ccc(O)cc2)[nH]c2ccc(O)c(CCCCCCCCSc3ccccn3)c12. The molecule has 3 N–H and O–H groups in total. The normalized spacial score (nSPS) is 11.3. The zero-order valence-electron chi connectivity index (χ0n) is 19.2. The number of thioether (sulfide) groups is 1. The molecular formula is C28H32N2O2S. The highest BCUT2D eigenvalue weighted by Gasteiger charge is 2.15. The van der Waals surface area contributed by atoms with E-state index in [4.69, 9.17) is 0 Å². The molecule has 33 heavy (non-hydrogen) atoms. The van der Waals surface area contributed by atoms with Gasteiger partial charge in [-0.2, -0.15) is 0 Å². The quantitative estimate of drug-likeness (QED) is 0.159. The molecule has 0 unspecified atom stereocenters. The summed E-state index contributed by atoms with van der Waals surface area (Å²) in [5.74, 6) is 1.77. The van der Waals surface area contributed by atoms with Gasteiger partial charge in [-0.1, -0.05) is 31.7 Å². The number of H-pyrrole nitrogens is 1. The third-order valence-corrected chi connectivity index (χ3v) is 7.19. The highest BCUT2D eigenvalue weighted by molar-refractivity contribution is 7.99. The van der Waals surface area contributed by atoms with Crippen molar-refractivity contribution in [2.24, 2.45) is 0 Å². The highest BCUT2D eigenvalue weighted by Crippen LogP contribution is 2.36. The predicted molar refractivity (Wildman–Crippen MR) is 138 cm³/mol. The van der Waals surface area contributed by atoms with Crippen molar-refractivity contribution in [1.29, 1.82) is 0 Å². The van der Waals surface area contributed by atoms with Gasteiger partial charge in [0.1, 0.15) is 11.5 Å². The van der Waals surface area contributed by atoms with Crippen molar-refractivity contribution in [2.45, 2.75) is 56.9 Å². The Morgan fingerprint density at radius 3 is 2.36 bits per heavy atom. The fraction of sp³-hybridized carbons (Fsp3) is 0.321. The maximum absolute atomic E-state index is 10.6. The van der Waals surface area contributed by atoms with E-state index in [1.165, 1.54) is 32.1 Å². The summed E-state index contributed by atoms with van der Waals surface area (Å²) in [5.41, 5.74) is 5.31. The van der Waals surface area contributed by atoms with Crippen LogP contribution in [0.2, 0.25) is 0 Å². The van der Waals surface area contributed by atoms with Crippen molar-refractivity contribution >= 4 is 22.7 Å². The Morgan fingerprint density at radius 1 is 0.848 bits per heavy atom. The number of pyridine rings is 1. The Labute approximate surface area is 200 Å². The summed E-state index contributed by atoms with van der Waals surface area (Å²) in [4.78, 5) is 7.86. The zero-order valence-corrected chi connectivity index (χ0v) is 20.0. The summed E-state index contributed by atoms with van der Waals surface area (Å²) in [7, 11) is 0. The first-order chi connectivity index (χ1) is 16.1. The maximum atomic E-state index is 10.6. The number of nitrogens with zero attached hydrogens (tertiary/aromatic N) is 1. The number of unbranched alkanes of at least 4 members (excludes halogenated alkanes) is 5. The second-order valence-electron chi connectivity index (χ2n) is 8.55. The summed E-state index contributed by atoms with van der Waals surface area (Å²) >= 11 is 1.84. The van der Waals surface area contributed by atoms with E-state index in [2.05, 4.69) is 23.0 Å². The van der Waals surface area contributed by atoms with Crippen LogP contribution in [0.3, 0.4) is 0 Å². The van der Waals surface area contributed by atoms with E-state index >= 15 is 0 Å². The first kappa shape index (κ1) is 23.2. The molecule has 5 heteroatoms. The lowest BCUT2D eigenvalue weighted by molar-refractivity contribution is 0.467. The van der Waals surface area contributed by atoms with Crippen LogP contribution < -0.4 is 0 Å². The molecule has 4 rings (SSSR count). The number of phenols is 2. The van der Waals surface area contributed by atoms with Crippen LogP contribution in [0.5, 0.6) is 11.5 Å². The molecule has 2 aromatic heterocycles. The number of aryl methyl sites for hydroxylation is 2. The summed E-state index contributed by atoms with van der Waals surface area (Å²) in [6.07, 6.45) is 9.96. The number of hydrogen-bond donors (Lipinski definition) is 3.